The molecule has 0 spiro atoms. The lowest BCUT2D eigenvalue weighted by Gasteiger charge is -2.27. The maximum Gasteiger partial charge on any atom is 0.270 e. The predicted octanol–water partition coefficient (Wildman–Crippen LogP) is 2.70. The van der Waals surface area contributed by atoms with Gasteiger partial charge in [0.05, 0.1) is 0 Å². The molecule has 1 N–H and O–H groups in total. The van der Waals surface area contributed by atoms with Crippen LogP contribution in [-0.2, 0) is 0 Å². The Morgan fingerprint density at radius 3 is 2.64 bits per heavy atom. The molecule has 0 radical (unpaired) electrons. The third kappa shape index (κ3) is 3.76. The number of piperidine rings is 1. The van der Waals surface area contributed by atoms with E-state index in [-0.39, 0.29) is 5.91 Å². The quantitative estimate of drug-likeness (QED) is 0.929. The fraction of sp³-hybridized carbons (Fsp3) is 0.706. The molecule has 3 rings (SSSR count). The minimum Gasteiger partial charge on any atom is -0.350 e. The molecular formula is C17H26N4O. The molecule has 1 amide bonds. The van der Waals surface area contributed by atoms with Crippen molar-refractivity contribution < 1.29 is 4.79 Å². The number of amides is 1. The normalized spacial score (nSPS) is 19.4. The smallest absolute Gasteiger partial charge is 0.270 e. The van der Waals surface area contributed by atoms with Gasteiger partial charge in [-0.3, -0.25) is 4.79 Å². The number of nitrogens with zero attached hydrogens (tertiary/aromatic N) is 3. The van der Waals surface area contributed by atoms with E-state index >= 15 is 0 Å². The van der Waals surface area contributed by atoms with E-state index in [9.17, 15) is 4.79 Å². The first-order valence-electron chi connectivity index (χ1n) is 8.61. The van der Waals surface area contributed by atoms with Crippen LogP contribution in [0.25, 0.3) is 0 Å². The van der Waals surface area contributed by atoms with Crippen molar-refractivity contribution in [1.29, 1.82) is 0 Å². The summed E-state index contributed by atoms with van der Waals surface area (Å²) in [6, 6.07) is 1.79. The summed E-state index contributed by atoms with van der Waals surface area (Å²) in [5.41, 5.74) is 1.37. The van der Waals surface area contributed by atoms with Gasteiger partial charge in [-0.15, -0.1) is 0 Å². The molecule has 2 fully saturated rings. The van der Waals surface area contributed by atoms with E-state index in [1.807, 2.05) is 6.92 Å². The average Bonchev–Trinajstić information content (AvgIpc) is 3.06. The van der Waals surface area contributed by atoms with Gasteiger partial charge in [0, 0.05) is 25.3 Å². The van der Waals surface area contributed by atoms with Gasteiger partial charge in [-0.05, 0) is 51.0 Å². The number of anilines is 1. The molecule has 1 aliphatic carbocycles. The second-order valence-electron chi connectivity index (χ2n) is 6.60. The zero-order valence-electron chi connectivity index (χ0n) is 13.5. The van der Waals surface area contributed by atoms with Crippen molar-refractivity contribution >= 4 is 11.9 Å². The number of hydrogen-bond donors (Lipinski definition) is 1. The van der Waals surface area contributed by atoms with Crippen molar-refractivity contribution in [3.63, 3.8) is 0 Å². The predicted molar refractivity (Wildman–Crippen MR) is 87.1 cm³/mol. The lowest BCUT2D eigenvalue weighted by atomic mass is 10.1. The Morgan fingerprint density at radius 1 is 1.18 bits per heavy atom. The number of aryl methyl sites for hydroxylation is 1. The molecule has 5 nitrogen and oxygen atoms in total. The Bertz CT molecular complexity index is 519. The fourth-order valence-electron chi connectivity index (χ4n) is 3.45. The minimum absolute atomic E-state index is 0.0596. The summed E-state index contributed by atoms with van der Waals surface area (Å²) in [5.74, 6) is 1.30. The Balaban J connectivity index is 1.66. The van der Waals surface area contributed by atoms with Crippen molar-refractivity contribution in [2.75, 3.05) is 24.5 Å². The molecule has 1 aromatic heterocycles. The average molecular weight is 302 g/mol. The molecule has 0 bridgehead atoms. The van der Waals surface area contributed by atoms with E-state index < -0.39 is 0 Å². The highest BCUT2D eigenvalue weighted by Crippen LogP contribution is 2.23. The lowest BCUT2D eigenvalue weighted by molar-refractivity contribution is 0.0942. The van der Waals surface area contributed by atoms with Gasteiger partial charge in [0.25, 0.3) is 5.91 Å². The lowest BCUT2D eigenvalue weighted by Crippen LogP contribution is -2.33. The molecule has 0 aromatic carbocycles. The van der Waals surface area contributed by atoms with Crippen LogP contribution in [0, 0.1) is 12.8 Å². The van der Waals surface area contributed by atoms with Crippen molar-refractivity contribution in [3.05, 3.63) is 17.5 Å². The summed E-state index contributed by atoms with van der Waals surface area (Å²) in [6.07, 6.45) is 8.71. The number of aromatic nitrogens is 2. The van der Waals surface area contributed by atoms with Gasteiger partial charge in [-0.2, -0.15) is 0 Å². The SMILES string of the molecule is Cc1cc(C(=O)NCC2CCCC2)nc(N2CCCCC2)n1. The van der Waals surface area contributed by atoms with Crippen LogP contribution in [0.2, 0.25) is 0 Å². The van der Waals surface area contributed by atoms with Crippen LogP contribution in [-0.4, -0.2) is 35.5 Å². The molecule has 2 aliphatic rings. The van der Waals surface area contributed by atoms with Crippen molar-refractivity contribution in [2.45, 2.75) is 51.9 Å². The molecule has 1 aliphatic heterocycles. The molecule has 1 aromatic rings. The van der Waals surface area contributed by atoms with Crippen LogP contribution < -0.4 is 10.2 Å². The number of carbonyl (C=O) groups excluding carboxylic acids is 1. The topological polar surface area (TPSA) is 58.1 Å². The van der Waals surface area contributed by atoms with Crippen molar-refractivity contribution in [2.24, 2.45) is 5.92 Å². The van der Waals surface area contributed by atoms with E-state index in [2.05, 4.69) is 20.2 Å². The Kier molecular flexibility index (Phi) is 4.90. The molecule has 1 saturated carbocycles. The van der Waals surface area contributed by atoms with E-state index in [1.165, 1.54) is 44.9 Å². The molecule has 120 valence electrons. The largest absolute Gasteiger partial charge is 0.350 e. The summed E-state index contributed by atoms with van der Waals surface area (Å²) in [6.45, 7) is 4.70. The van der Waals surface area contributed by atoms with Gasteiger partial charge < -0.3 is 10.2 Å². The fourth-order valence-corrected chi connectivity index (χ4v) is 3.45. The van der Waals surface area contributed by atoms with Gasteiger partial charge >= 0.3 is 0 Å². The van der Waals surface area contributed by atoms with Crippen molar-refractivity contribution in [1.82, 2.24) is 15.3 Å². The third-order valence-corrected chi connectivity index (χ3v) is 4.74. The standard InChI is InChI=1S/C17H26N4O/c1-13-11-15(16(22)18-12-14-7-3-4-8-14)20-17(19-13)21-9-5-2-6-10-21/h11,14H,2-10,12H2,1H3,(H,18,22). The van der Waals surface area contributed by atoms with E-state index in [0.29, 0.717) is 17.6 Å². The molecule has 0 atom stereocenters. The van der Waals surface area contributed by atoms with Crippen LogP contribution >= 0.6 is 0 Å². The Hall–Kier alpha value is -1.65. The van der Waals surface area contributed by atoms with E-state index in [1.54, 1.807) is 6.07 Å². The highest BCUT2D eigenvalue weighted by Gasteiger charge is 2.19. The molecule has 2 heterocycles. The summed E-state index contributed by atoms with van der Waals surface area (Å²) in [4.78, 5) is 23.6. The first kappa shape index (κ1) is 15.3. The third-order valence-electron chi connectivity index (χ3n) is 4.74. The van der Waals surface area contributed by atoms with E-state index in [0.717, 1.165) is 25.3 Å². The maximum absolute atomic E-state index is 12.4. The van der Waals surface area contributed by atoms with Crippen LogP contribution in [0.1, 0.15) is 61.1 Å². The number of hydrogen-bond acceptors (Lipinski definition) is 4. The van der Waals surface area contributed by atoms with Crippen LogP contribution in [0.3, 0.4) is 0 Å². The molecular weight excluding hydrogens is 276 g/mol. The molecule has 5 heteroatoms. The van der Waals surface area contributed by atoms with Gasteiger partial charge in [0.1, 0.15) is 5.69 Å². The first-order valence-corrected chi connectivity index (χ1v) is 8.61. The Morgan fingerprint density at radius 2 is 1.91 bits per heavy atom. The molecule has 1 saturated heterocycles. The van der Waals surface area contributed by atoms with Gasteiger partial charge in [-0.1, -0.05) is 12.8 Å². The van der Waals surface area contributed by atoms with Crippen LogP contribution in [0.15, 0.2) is 6.07 Å². The highest BCUT2D eigenvalue weighted by atomic mass is 16.1. The first-order chi connectivity index (χ1) is 10.7. The summed E-state index contributed by atoms with van der Waals surface area (Å²) in [5, 5.41) is 3.05. The summed E-state index contributed by atoms with van der Waals surface area (Å²) >= 11 is 0. The molecule has 0 unspecified atom stereocenters. The van der Waals surface area contributed by atoms with E-state index in [4.69, 9.17) is 0 Å². The highest BCUT2D eigenvalue weighted by molar-refractivity contribution is 5.92. The van der Waals surface area contributed by atoms with Gasteiger partial charge in [0.15, 0.2) is 0 Å². The van der Waals surface area contributed by atoms with Crippen LogP contribution in [0.4, 0.5) is 5.95 Å². The summed E-state index contributed by atoms with van der Waals surface area (Å²) in [7, 11) is 0. The Labute approximate surface area is 132 Å². The van der Waals surface area contributed by atoms with Gasteiger partial charge in [-0.25, -0.2) is 9.97 Å². The number of carbonyl (C=O) groups is 1. The number of rotatable bonds is 4. The van der Waals surface area contributed by atoms with Crippen LogP contribution in [0.5, 0.6) is 0 Å². The zero-order valence-corrected chi connectivity index (χ0v) is 13.5. The van der Waals surface area contributed by atoms with Gasteiger partial charge in [0.2, 0.25) is 5.95 Å². The monoisotopic (exact) mass is 302 g/mol. The second-order valence-corrected chi connectivity index (χ2v) is 6.60. The molecule has 22 heavy (non-hydrogen) atoms. The second kappa shape index (κ2) is 7.07. The maximum atomic E-state index is 12.4. The minimum atomic E-state index is -0.0596. The van der Waals surface area contributed by atoms with Crippen molar-refractivity contribution in [3.8, 4) is 0 Å². The number of nitrogens with one attached hydrogen (secondary N) is 1. The zero-order chi connectivity index (χ0) is 15.4. The summed E-state index contributed by atoms with van der Waals surface area (Å²) < 4.78 is 0.